The molecule has 0 saturated heterocycles. The lowest BCUT2D eigenvalue weighted by Gasteiger charge is -2.18. The van der Waals surface area contributed by atoms with Gasteiger partial charge >= 0.3 is 18.2 Å². The highest BCUT2D eigenvalue weighted by molar-refractivity contribution is 6.02. The molecule has 1 unspecified atom stereocenters. The molecule has 2 aromatic carbocycles. The van der Waals surface area contributed by atoms with Crippen LogP contribution in [0.1, 0.15) is 27.5 Å². The van der Waals surface area contributed by atoms with Gasteiger partial charge in [0.1, 0.15) is 12.3 Å². The zero-order valence-corrected chi connectivity index (χ0v) is 18.2. The van der Waals surface area contributed by atoms with E-state index in [0.29, 0.717) is 0 Å². The molecule has 0 radical (unpaired) electrons. The molecule has 1 aliphatic carbocycles. The zero-order valence-electron chi connectivity index (χ0n) is 18.2. The molecule has 0 bridgehead atoms. The minimum Gasteiger partial charge on any atom is -0.479 e. The summed E-state index contributed by atoms with van der Waals surface area (Å²) in [6.45, 7) is -0.0309. The summed E-state index contributed by atoms with van der Waals surface area (Å²) in [6.07, 6.45) is -5.14. The van der Waals surface area contributed by atoms with Crippen molar-refractivity contribution in [3.05, 3.63) is 71.5 Å². The number of hydrogen-bond donors (Lipinski definition) is 3. The van der Waals surface area contributed by atoms with Gasteiger partial charge in [-0.3, -0.25) is 14.8 Å². The third-order valence-corrected chi connectivity index (χ3v) is 5.58. The molecule has 182 valence electrons. The number of carboxylic acids is 1. The van der Waals surface area contributed by atoms with E-state index in [2.05, 4.69) is 10.4 Å². The fraction of sp³-hybridized carbons (Fsp3) is 0.217. The summed E-state index contributed by atoms with van der Waals surface area (Å²) in [5, 5.41) is 16.3. The summed E-state index contributed by atoms with van der Waals surface area (Å²) in [5.74, 6) is -3.89. The summed E-state index contributed by atoms with van der Waals surface area (Å²) in [6, 6.07) is 12.3. The van der Waals surface area contributed by atoms with Gasteiger partial charge < -0.3 is 15.2 Å². The number of carbonyl (C=O) groups is 3. The largest absolute Gasteiger partial charge is 0.479 e. The molecule has 1 aromatic heterocycles. The van der Waals surface area contributed by atoms with Crippen LogP contribution in [0.3, 0.4) is 0 Å². The van der Waals surface area contributed by atoms with Crippen LogP contribution >= 0.6 is 0 Å². The number of carboxylic acid groups (broad SMARTS) is 1. The minimum atomic E-state index is -5.22. The van der Waals surface area contributed by atoms with Gasteiger partial charge in [-0.25, -0.2) is 9.59 Å². The van der Waals surface area contributed by atoms with Crippen molar-refractivity contribution in [2.24, 2.45) is 7.05 Å². The molecule has 2 amide bonds. The molecule has 1 atom stereocenters. The predicted octanol–water partition coefficient (Wildman–Crippen LogP) is 3.53. The molecular weight excluding hydrogens is 469 g/mol. The van der Waals surface area contributed by atoms with Crippen LogP contribution in [0.2, 0.25) is 0 Å². The zero-order chi connectivity index (χ0) is 25.3. The SMILES string of the molecule is Cn1ncc(NC(=O)OCC2c3ccccc3-c3ccccc32)c1C(=O)NC(C(=O)O)C(F)(F)F. The van der Waals surface area contributed by atoms with Crippen molar-refractivity contribution in [2.75, 3.05) is 11.9 Å². The standard InChI is InChI=1S/C23H19F3N4O5/c1-30-18(20(31)29-19(21(32)33)23(24,25)26)17(10-27-30)28-22(34)35-11-16-14-8-4-2-6-12(14)13-7-3-5-9-15(13)16/h2-10,16,19H,11H2,1H3,(H,28,34)(H,29,31)(H,32,33). The Hall–Kier alpha value is -4.35. The number of amides is 2. The molecule has 12 heteroatoms. The number of hydrogen-bond acceptors (Lipinski definition) is 5. The molecule has 4 rings (SSSR count). The number of nitrogens with zero attached hydrogens (tertiary/aromatic N) is 2. The van der Waals surface area contributed by atoms with Gasteiger partial charge in [-0.1, -0.05) is 48.5 Å². The van der Waals surface area contributed by atoms with Gasteiger partial charge in [0.25, 0.3) is 5.91 Å². The van der Waals surface area contributed by atoms with Crippen LogP contribution in [0, 0.1) is 0 Å². The fourth-order valence-corrected chi connectivity index (χ4v) is 4.03. The predicted molar refractivity (Wildman–Crippen MR) is 117 cm³/mol. The van der Waals surface area contributed by atoms with Crippen LogP contribution in [0.5, 0.6) is 0 Å². The average molecular weight is 488 g/mol. The van der Waals surface area contributed by atoms with Crippen molar-refractivity contribution in [2.45, 2.75) is 18.1 Å². The second-order valence-corrected chi connectivity index (χ2v) is 7.77. The number of ether oxygens (including phenoxy) is 1. The lowest BCUT2D eigenvalue weighted by Crippen LogP contribution is -2.51. The number of carbonyl (C=O) groups excluding carboxylic acids is 2. The molecular formula is C23H19F3N4O5. The number of benzene rings is 2. The Balaban J connectivity index is 1.47. The van der Waals surface area contributed by atoms with Crippen LogP contribution in [-0.4, -0.2) is 51.7 Å². The van der Waals surface area contributed by atoms with Gasteiger partial charge in [0.15, 0.2) is 0 Å². The van der Waals surface area contributed by atoms with E-state index in [1.165, 1.54) is 12.4 Å². The quantitative estimate of drug-likeness (QED) is 0.488. The van der Waals surface area contributed by atoms with E-state index in [1.54, 1.807) is 0 Å². The Morgan fingerprint density at radius 3 is 2.20 bits per heavy atom. The number of nitrogens with one attached hydrogen (secondary N) is 2. The first-order chi connectivity index (χ1) is 16.6. The van der Waals surface area contributed by atoms with Crippen molar-refractivity contribution in [1.82, 2.24) is 15.1 Å². The van der Waals surface area contributed by atoms with E-state index in [-0.39, 0.29) is 18.2 Å². The highest BCUT2D eigenvalue weighted by Gasteiger charge is 2.47. The van der Waals surface area contributed by atoms with Gasteiger partial charge in [-0.05, 0) is 22.3 Å². The molecule has 3 aromatic rings. The first-order valence-electron chi connectivity index (χ1n) is 10.3. The maximum atomic E-state index is 12.9. The van der Waals surface area contributed by atoms with Crippen LogP contribution in [0.4, 0.5) is 23.7 Å². The van der Waals surface area contributed by atoms with Gasteiger partial charge in [0.05, 0.1) is 11.9 Å². The maximum absolute atomic E-state index is 12.9. The topological polar surface area (TPSA) is 123 Å². The molecule has 1 aliphatic rings. The van der Waals surface area contributed by atoms with Gasteiger partial charge in [-0.15, -0.1) is 0 Å². The Bertz CT molecular complexity index is 1260. The van der Waals surface area contributed by atoms with E-state index in [0.717, 1.165) is 33.1 Å². The molecule has 0 fully saturated rings. The van der Waals surface area contributed by atoms with Crippen LogP contribution < -0.4 is 10.6 Å². The van der Waals surface area contributed by atoms with E-state index >= 15 is 0 Å². The molecule has 0 saturated carbocycles. The molecule has 35 heavy (non-hydrogen) atoms. The molecule has 0 spiro atoms. The van der Waals surface area contributed by atoms with E-state index < -0.39 is 35.9 Å². The van der Waals surface area contributed by atoms with Gasteiger partial charge in [-0.2, -0.15) is 18.3 Å². The third-order valence-electron chi connectivity index (χ3n) is 5.58. The van der Waals surface area contributed by atoms with Crippen molar-refractivity contribution >= 4 is 23.7 Å². The molecule has 3 N–H and O–H groups in total. The first kappa shape index (κ1) is 23.8. The Kier molecular flexibility index (Phi) is 6.20. The summed E-state index contributed by atoms with van der Waals surface area (Å²) >= 11 is 0. The van der Waals surface area contributed by atoms with Crippen LogP contribution in [0.25, 0.3) is 11.1 Å². The molecule has 0 aliphatic heterocycles. The monoisotopic (exact) mass is 488 g/mol. The van der Waals surface area contributed by atoms with Crippen molar-refractivity contribution in [3.8, 4) is 11.1 Å². The number of aromatic nitrogens is 2. The van der Waals surface area contributed by atoms with Crippen molar-refractivity contribution in [3.63, 3.8) is 0 Å². The first-order valence-corrected chi connectivity index (χ1v) is 10.3. The van der Waals surface area contributed by atoms with Crippen molar-refractivity contribution in [1.29, 1.82) is 0 Å². The van der Waals surface area contributed by atoms with Crippen LogP contribution in [-0.2, 0) is 16.6 Å². The Labute approximate surface area is 196 Å². The highest BCUT2D eigenvalue weighted by Crippen LogP contribution is 2.44. The second-order valence-electron chi connectivity index (χ2n) is 7.77. The number of rotatable bonds is 6. The lowest BCUT2D eigenvalue weighted by atomic mass is 9.98. The maximum Gasteiger partial charge on any atom is 0.419 e. The third kappa shape index (κ3) is 4.67. The van der Waals surface area contributed by atoms with Crippen molar-refractivity contribution < 1.29 is 37.4 Å². The Morgan fingerprint density at radius 1 is 1.09 bits per heavy atom. The van der Waals surface area contributed by atoms with E-state index in [4.69, 9.17) is 9.84 Å². The summed E-state index contributed by atoms with van der Waals surface area (Å²) in [5.41, 5.74) is 3.30. The highest BCUT2D eigenvalue weighted by atomic mass is 19.4. The number of fused-ring (bicyclic) bond motifs is 3. The second kappa shape index (κ2) is 9.12. The molecule has 1 heterocycles. The number of aliphatic carboxylic acids is 1. The summed E-state index contributed by atoms with van der Waals surface area (Å²) in [7, 11) is 1.25. The van der Waals surface area contributed by atoms with Gasteiger partial charge in [0.2, 0.25) is 6.04 Å². The molecule has 9 nitrogen and oxygen atoms in total. The minimum absolute atomic E-state index is 0.0309. The smallest absolute Gasteiger partial charge is 0.419 e. The lowest BCUT2D eigenvalue weighted by molar-refractivity contribution is -0.178. The Morgan fingerprint density at radius 2 is 1.66 bits per heavy atom. The normalized spacial score (nSPS) is 13.5. The van der Waals surface area contributed by atoms with Gasteiger partial charge in [0, 0.05) is 13.0 Å². The van der Waals surface area contributed by atoms with E-state index in [1.807, 2.05) is 48.5 Å². The van der Waals surface area contributed by atoms with Crippen LogP contribution in [0.15, 0.2) is 54.7 Å². The number of alkyl halides is 3. The number of halogens is 3. The number of anilines is 1. The summed E-state index contributed by atoms with van der Waals surface area (Å²) in [4.78, 5) is 35.8. The number of aryl methyl sites for hydroxylation is 1. The average Bonchev–Trinajstić information content (AvgIpc) is 3.32. The van der Waals surface area contributed by atoms with E-state index in [9.17, 15) is 27.6 Å². The summed E-state index contributed by atoms with van der Waals surface area (Å²) < 4.78 is 45.1. The fourth-order valence-electron chi connectivity index (χ4n) is 4.03.